The van der Waals surface area contributed by atoms with Gasteiger partial charge in [0.05, 0.1) is 31.3 Å². The van der Waals surface area contributed by atoms with Crippen molar-refractivity contribution in [2.24, 2.45) is 0 Å². The summed E-state index contributed by atoms with van der Waals surface area (Å²) in [5, 5.41) is 16.0. The fourth-order valence-corrected chi connectivity index (χ4v) is 4.30. The number of aryl methyl sites for hydroxylation is 1. The van der Waals surface area contributed by atoms with Crippen molar-refractivity contribution in [3.8, 4) is 28.7 Å². The van der Waals surface area contributed by atoms with Crippen LogP contribution in [0, 0.1) is 6.92 Å². The van der Waals surface area contributed by atoms with Gasteiger partial charge in [0.15, 0.2) is 0 Å². The summed E-state index contributed by atoms with van der Waals surface area (Å²) < 4.78 is 12.6. The largest absolute Gasteiger partial charge is 0.497 e. The quantitative estimate of drug-likeness (QED) is 0.429. The highest BCUT2D eigenvalue weighted by atomic mass is 16.5. The van der Waals surface area contributed by atoms with E-state index >= 15 is 0 Å². The van der Waals surface area contributed by atoms with Crippen molar-refractivity contribution in [2.75, 3.05) is 19.0 Å². The third kappa shape index (κ3) is 4.44. The Balaban J connectivity index is 1.54. The molecule has 2 aromatic carbocycles. The maximum atomic E-state index is 12.8. The molecule has 0 spiro atoms. The smallest absolute Gasteiger partial charge is 0.272 e. The number of hydrogen-bond donors (Lipinski definition) is 1. The summed E-state index contributed by atoms with van der Waals surface area (Å²) in [7, 11) is 1.62. The molecule has 0 saturated carbocycles. The average molecular weight is 471 g/mol. The summed E-state index contributed by atoms with van der Waals surface area (Å²) in [5.41, 5.74) is 4.24. The molecule has 0 bridgehead atoms. The third-order valence-electron chi connectivity index (χ3n) is 5.96. The van der Waals surface area contributed by atoms with Crippen LogP contribution in [-0.2, 0) is 4.79 Å². The Bertz CT molecular complexity index is 1370. The van der Waals surface area contributed by atoms with Gasteiger partial charge in [-0.3, -0.25) is 4.79 Å². The van der Waals surface area contributed by atoms with Gasteiger partial charge < -0.3 is 14.8 Å². The molecule has 0 saturated heterocycles. The number of nitrogens with zero attached hydrogens (tertiary/aromatic N) is 5. The predicted molar refractivity (Wildman–Crippen MR) is 131 cm³/mol. The highest BCUT2D eigenvalue weighted by Gasteiger charge is 2.33. The van der Waals surface area contributed by atoms with Gasteiger partial charge in [0.1, 0.15) is 17.3 Å². The first-order chi connectivity index (χ1) is 17.1. The number of benzene rings is 2. The van der Waals surface area contributed by atoms with Crippen molar-refractivity contribution in [1.29, 1.82) is 0 Å². The highest BCUT2D eigenvalue weighted by Crippen LogP contribution is 2.40. The van der Waals surface area contributed by atoms with Crippen LogP contribution in [0.2, 0.25) is 0 Å². The van der Waals surface area contributed by atoms with Gasteiger partial charge in [0, 0.05) is 23.5 Å². The number of aromatic nitrogens is 5. The molecule has 0 aliphatic carbocycles. The zero-order valence-corrected chi connectivity index (χ0v) is 19.9. The highest BCUT2D eigenvalue weighted by molar-refractivity contribution is 5.95. The molecule has 4 aromatic rings. The van der Waals surface area contributed by atoms with Crippen molar-refractivity contribution in [2.45, 2.75) is 32.6 Å². The van der Waals surface area contributed by atoms with Crippen molar-refractivity contribution in [3.63, 3.8) is 0 Å². The molecular weight excluding hydrogens is 444 g/mol. The van der Waals surface area contributed by atoms with Gasteiger partial charge in [-0.05, 0) is 55.3 Å². The second-order valence-corrected chi connectivity index (χ2v) is 8.36. The zero-order valence-electron chi connectivity index (χ0n) is 19.9. The monoisotopic (exact) mass is 470 g/mol. The van der Waals surface area contributed by atoms with Gasteiger partial charge in [0.2, 0.25) is 5.91 Å². The minimum atomic E-state index is -0.157. The second kappa shape index (κ2) is 9.54. The van der Waals surface area contributed by atoms with Crippen molar-refractivity contribution in [1.82, 2.24) is 25.0 Å². The van der Waals surface area contributed by atoms with Crippen LogP contribution < -0.4 is 14.8 Å². The number of rotatable bonds is 7. The summed E-state index contributed by atoms with van der Waals surface area (Å²) in [6.07, 6.45) is 2.84. The number of carbonyl (C=O) groups excluding carboxylic acids is 1. The van der Waals surface area contributed by atoms with Gasteiger partial charge in [-0.1, -0.05) is 19.1 Å². The van der Waals surface area contributed by atoms with Crippen molar-refractivity contribution < 1.29 is 14.3 Å². The van der Waals surface area contributed by atoms with E-state index in [0.717, 1.165) is 40.3 Å². The molecule has 2 aromatic heterocycles. The molecule has 178 valence electrons. The topological polar surface area (TPSA) is 104 Å². The van der Waals surface area contributed by atoms with Gasteiger partial charge in [-0.2, -0.15) is 14.9 Å². The minimum Gasteiger partial charge on any atom is -0.497 e. The lowest BCUT2D eigenvalue weighted by Gasteiger charge is -2.24. The molecule has 9 heteroatoms. The second-order valence-electron chi connectivity index (χ2n) is 8.36. The Kier molecular flexibility index (Phi) is 6.13. The normalized spacial score (nSPS) is 14.8. The van der Waals surface area contributed by atoms with Crippen LogP contribution in [0.15, 0.2) is 54.7 Å². The van der Waals surface area contributed by atoms with Gasteiger partial charge in [0.25, 0.3) is 5.95 Å². The van der Waals surface area contributed by atoms with Gasteiger partial charge >= 0.3 is 0 Å². The third-order valence-corrected chi connectivity index (χ3v) is 5.96. The van der Waals surface area contributed by atoms with E-state index in [9.17, 15) is 4.79 Å². The molecule has 1 N–H and O–H groups in total. The first kappa shape index (κ1) is 22.5. The SMILES string of the molecule is CCCOc1cccc(C2CC(=O)Nc3c2c(C)nn3-c2nncc(-c3ccc(OC)cc3)n2)c1. The van der Waals surface area contributed by atoms with E-state index in [1.54, 1.807) is 18.0 Å². The van der Waals surface area contributed by atoms with Gasteiger partial charge in [-0.25, -0.2) is 4.98 Å². The van der Waals surface area contributed by atoms with Crippen LogP contribution in [0.3, 0.4) is 0 Å². The Morgan fingerprint density at radius 3 is 2.74 bits per heavy atom. The fourth-order valence-electron chi connectivity index (χ4n) is 4.30. The van der Waals surface area contributed by atoms with E-state index in [0.29, 0.717) is 24.5 Å². The molecule has 3 heterocycles. The predicted octanol–water partition coefficient (Wildman–Crippen LogP) is 4.30. The maximum absolute atomic E-state index is 12.8. The van der Waals surface area contributed by atoms with E-state index in [1.165, 1.54) is 0 Å². The minimum absolute atomic E-state index is 0.0946. The molecule has 1 amide bonds. The lowest BCUT2D eigenvalue weighted by atomic mass is 9.86. The van der Waals surface area contributed by atoms with Gasteiger partial charge in [-0.15, -0.1) is 5.10 Å². The molecule has 5 rings (SSSR count). The summed E-state index contributed by atoms with van der Waals surface area (Å²) in [6, 6.07) is 15.4. The number of ether oxygens (including phenoxy) is 2. The van der Waals surface area contributed by atoms with Crippen molar-refractivity contribution in [3.05, 3.63) is 71.5 Å². The molecule has 9 nitrogen and oxygen atoms in total. The van der Waals surface area contributed by atoms with E-state index in [4.69, 9.17) is 14.6 Å². The molecule has 0 fully saturated rings. The number of nitrogens with one attached hydrogen (secondary N) is 1. The Labute approximate surface area is 203 Å². The number of methoxy groups -OCH3 is 1. The Morgan fingerprint density at radius 2 is 1.97 bits per heavy atom. The van der Waals surface area contributed by atoms with Crippen LogP contribution in [0.5, 0.6) is 11.5 Å². The summed E-state index contributed by atoms with van der Waals surface area (Å²) >= 11 is 0. The first-order valence-electron chi connectivity index (χ1n) is 11.5. The van der Waals surface area contributed by atoms with E-state index in [-0.39, 0.29) is 17.8 Å². The number of amides is 1. The molecule has 0 radical (unpaired) electrons. The lowest BCUT2D eigenvalue weighted by Crippen LogP contribution is -2.25. The number of carbonyl (C=O) groups is 1. The fraction of sp³-hybridized carbons (Fsp3) is 0.269. The standard InChI is InChI=1S/C26H26N6O3/c1-4-12-35-20-7-5-6-18(13-20)21-14-23(33)29-25-24(21)16(2)31-32(25)26-28-22(15-27-30-26)17-8-10-19(34-3)11-9-17/h5-11,13,15,21H,4,12,14H2,1-3H3,(H,29,33). The summed E-state index contributed by atoms with van der Waals surface area (Å²) in [4.78, 5) is 17.4. The number of hydrogen-bond acceptors (Lipinski definition) is 7. The van der Waals surface area contributed by atoms with E-state index in [1.807, 2.05) is 55.5 Å². The van der Waals surface area contributed by atoms with Crippen molar-refractivity contribution >= 4 is 11.7 Å². The number of fused-ring (bicyclic) bond motifs is 1. The van der Waals surface area contributed by atoms with Crippen LogP contribution in [-0.4, -0.2) is 44.6 Å². The lowest BCUT2D eigenvalue weighted by molar-refractivity contribution is -0.116. The van der Waals surface area contributed by atoms with Crippen LogP contribution in [0.1, 0.15) is 42.5 Å². The molecular formula is C26H26N6O3. The van der Waals surface area contributed by atoms with Crippen LogP contribution in [0.4, 0.5) is 5.82 Å². The summed E-state index contributed by atoms with van der Waals surface area (Å²) in [5.74, 6) is 2.14. The molecule has 35 heavy (non-hydrogen) atoms. The molecule has 1 atom stereocenters. The Hall–Kier alpha value is -4.27. The molecule has 1 aliphatic heterocycles. The zero-order chi connectivity index (χ0) is 24.4. The van der Waals surface area contributed by atoms with E-state index in [2.05, 4.69) is 27.4 Å². The average Bonchev–Trinajstić information content (AvgIpc) is 3.23. The Morgan fingerprint density at radius 1 is 1.14 bits per heavy atom. The number of anilines is 1. The van der Waals surface area contributed by atoms with Crippen LogP contribution in [0.25, 0.3) is 17.2 Å². The summed E-state index contributed by atoms with van der Waals surface area (Å²) in [6.45, 7) is 4.64. The molecule has 1 aliphatic rings. The van der Waals surface area contributed by atoms with E-state index < -0.39 is 0 Å². The maximum Gasteiger partial charge on any atom is 0.272 e. The van der Waals surface area contributed by atoms with Crippen LogP contribution >= 0.6 is 0 Å². The first-order valence-corrected chi connectivity index (χ1v) is 11.5. The molecule has 1 unspecified atom stereocenters.